The van der Waals surface area contributed by atoms with E-state index in [1.54, 1.807) is 93.7 Å². The molecule has 0 bridgehead atoms. The maximum absolute atomic E-state index is 14.2. The first-order chi connectivity index (χ1) is 31.3. The van der Waals surface area contributed by atoms with E-state index in [-0.39, 0.29) is 38.1 Å². The number of carboxylic acid groups (broad SMARTS) is 1. The van der Waals surface area contributed by atoms with Gasteiger partial charge in [0, 0.05) is 49.0 Å². The van der Waals surface area contributed by atoms with E-state index in [9.17, 15) is 43.5 Å². The van der Waals surface area contributed by atoms with Crippen LogP contribution in [-0.4, -0.2) is 94.0 Å². The summed E-state index contributed by atoms with van der Waals surface area (Å²) >= 11 is 0. The molecule has 0 spiro atoms. The van der Waals surface area contributed by atoms with Crippen molar-refractivity contribution < 1.29 is 52.9 Å². The molecule has 0 saturated carbocycles. The van der Waals surface area contributed by atoms with Crippen LogP contribution in [0, 0.1) is 0 Å². The lowest BCUT2D eigenvalue weighted by atomic mass is 10.0. The zero-order valence-electron chi connectivity index (χ0n) is 37.1. The van der Waals surface area contributed by atoms with E-state index in [0.29, 0.717) is 28.9 Å². The predicted molar refractivity (Wildman–Crippen MR) is 244 cm³/mol. The molecule has 18 heteroatoms. The molecule has 0 saturated heterocycles. The van der Waals surface area contributed by atoms with E-state index in [4.69, 9.17) is 15.2 Å². The third-order valence-corrected chi connectivity index (χ3v) is 10.2. The van der Waals surface area contributed by atoms with Gasteiger partial charge in [0.25, 0.3) is 5.91 Å². The fourth-order valence-corrected chi connectivity index (χ4v) is 7.09. The molecule has 5 aromatic rings. The number of para-hydroxylation sites is 1. The second-order valence-corrected chi connectivity index (χ2v) is 16.7. The lowest BCUT2D eigenvalue weighted by Gasteiger charge is -2.27. The summed E-state index contributed by atoms with van der Waals surface area (Å²) in [4.78, 5) is 107. The molecule has 1 aromatic heterocycles. The highest BCUT2D eigenvalue weighted by Crippen LogP contribution is 2.23. The zero-order chi connectivity index (χ0) is 48.0. The molecule has 0 aliphatic rings. The number of hydrogen-bond acceptors (Lipinski definition) is 10. The van der Waals surface area contributed by atoms with Gasteiger partial charge < -0.3 is 51.9 Å². The van der Waals surface area contributed by atoms with Crippen molar-refractivity contribution in [2.75, 3.05) is 6.54 Å². The van der Waals surface area contributed by atoms with Gasteiger partial charge in [-0.3, -0.25) is 33.6 Å². The molecule has 0 radical (unpaired) electrons. The Labute approximate surface area is 380 Å². The van der Waals surface area contributed by atoms with Crippen LogP contribution in [0.1, 0.15) is 74.9 Å². The Morgan fingerprint density at radius 3 is 2.05 bits per heavy atom. The number of ether oxygens (including phenoxy) is 2. The molecule has 66 heavy (non-hydrogen) atoms. The van der Waals surface area contributed by atoms with E-state index in [2.05, 4.69) is 31.6 Å². The number of rotatable bonds is 21. The number of primary amides is 1. The Bertz CT molecular complexity index is 2570. The third-order valence-electron chi connectivity index (χ3n) is 10.2. The minimum atomic E-state index is -1.71. The molecule has 9 N–H and O–H groups in total. The topological polar surface area (TPSA) is 277 Å². The maximum atomic E-state index is 14.2. The highest BCUT2D eigenvalue weighted by molar-refractivity contribution is 5.99. The summed E-state index contributed by atoms with van der Waals surface area (Å²) in [6.45, 7) is 6.44. The summed E-state index contributed by atoms with van der Waals surface area (Å²) in [5.74, 6) is -5.50. The quantitative estimate of drug-likeness (QED) is 0.0297. The van der Waals surface area contributed by atoms with Gasteiger partial charge in [0.05, 0.1) is 6.42 Å². The van der Waals surface area contributed by atoms with Crippen LogP contribution in [0.5, 0.6) is 5.75 Å². The van der Waals surface area contributed by atoms with Crippen LogP contribution < -0.4 is 37.1 Å². The first-order valence-corrected chi connectivity index (χ1v) is 21.4. The van der Waals surface area contributed by atoms with E-state index in [1.165, 1.54) is 6.92 Å². The molecule has 0 unspecified atom stereocenters. The molecule has 18 nitrogen and oxygen atoms in total. The second kappa shape index (κ2) is 22.7. The van der Waals surface area contributed by atoms with Crippen molar-refractivity contribution >= 4 is 69.2 Å². The number of H-pyrrole nitrogens is 1. The molecule has 0 aliphatic heterocycles. The van der Waals surface area contributed by atoms with Crippen LogP contribution in [-0.2, 0) is 46.3 Å². The Kier molecular flexibility index (Phi) is 17.0. The average molecular weight is 906 g/mol. The van der Waals surface area contributed by atoms with Gasteiger partial charge in [0.2, 0.25) is 23.6 Å². The molecule has 5 rings (SSSR count). The number of unbranched alkanes of at least 4 members (excludes halogenated alkanes) is 1. The van der Waals surface area contributed by atoms with E-state index < -0.39 is 77.8 Å². The lowest BCUT2D eigenvalue weighted by Crippen LogP contribution is -2.59. The summed E-state index contributed by atoms with van der Waals surface area (Å²) < 4.78 is 10.6. The van der Waals surface area contributed by atoms with Crippen molar-refractivity contribution in [3.63, 3.8) is 0 Å². The first-order valence-electron chi connectivity index (χ1n) is 21.4. The summed E-state index contributed by atoms with van der Waals surface area (Å²) in [5, 5.41) is 25.1. The normalized spacial score (nSPS) is 13.0. The van der Waals surface area contributed by atoms with Gasteiger partial charge in [-0.2, -0.15) is 0 Å². The van der Waals surface area contributed by atoms with Gasteiger partial charge in [0.1, 0.15) is 35.5 Å². The number of aliphatic carboxylic acids is 1. The Hall–Kier alpha value is -7.76. The molecule has 6 amide bonds. The van der Waals surface area contributed by atoms with Crippen molar-refractivity contribution in [2.24, 2.45) is 5.73 Å². The smallest absolute Gasteiger partial charge is 0.408 e. The lowest BCUT2D eigenvalue weighted by molar-refractivity contribution is -0.141. The monoisotopic (exact) mass is 905 g/mol. The van der Waals surface area contributed by atoms with Gasteiger partial charge in [-0.25, -0.2) is 4.79 Å². The highest BCUT2D eigenvalue weighted by Gasteiger charge is 2.33. The number of carbonyl (C=O) groups excluding carboxylic acids is 7. The largest absolute Gasteiger partial charge is 0.481 e. The standard InChI is InChI=1S/C48H55N7O11/c1-28(56)65-34-20-19-30-23-32(18-17-31(30)24-34)43(60)50-21-11-10-16-37(44(61)54-40(26-41(57)58)46(63)53-38(42(49)59)22-29-12-6-5-7-13-29)52-45(62)39(55-47(64)66-48(2,3)4)25-33-27-51-36-15-9-8-14-35(33)36/h5-9,12-15,17-20,23-24,27,37-40,51H,10-11,16,21-22,25-26H2,1-4H3,(H2,49,59)(H,50,60)(H,52,62)(H,53,63)(H,54,61)(H,55,64)(H,57,58)/t37-,38-,39-,40-/m0/s1. The molecule has 4 atom stereocenters. The number of nitrogens with one attached hydrogen (secondary N) is 6. The zero-order valence-corrected chi connectivity index (χ0v) is 37.1. The number of aromatic amines is 1. The van der Waals surface area contributed by atoms with Crippen molar-refractivity contribution in [3.8, 4) is 5.75 Å². The number of fused-ring (bicyclic) bond motifs is 2. The van der Waals surface area contributed by atoms with E-state index >= 15 is 0 Å². The number of amides is 6. The number of nitrogens with two attached hydrogens (primary N) is 1. The van der Waals surface area contributed by atoms with Crippen LogP contribution in [0.15, 0.2) is 97.2 Å². The number of aromatic nitrogens is 1. The minimum Gasteiger partial charge on any atom is -0.481 e. The van der Waals surface area contributed by atoms with Crippen LogP contribution in [0.3, 0.4) is 0 Å². The SMILES string of the molecule is CC(=O)Oc1ccc2cc(C(=O)NCCCC[C@H](NC(=O)[C@H](Cc3c[nH]c4ccccc34)NC(=O)OC(C)(C)C)C(=O)N[C@@H](CC(=O)O)C(=O)N[C@@H](Cc3ccccc3)C(N)=O)ccc2c1. The summed E-state index contributed by atoms with van der Waals surface area (Å²) in [6, 6.07) is 20.4. The van der Waals surface area contributed by atoms with Gasteiger partial charge >= 0.3 is 18.0 Å². The molecule has 0 aliphatic carbocycles. The summed E-state index contributed by atoms with van der Waals surface area (Å²) in [5.41, 5.74) is 7.18. The number of benzene rings is 4. The third kappa shape index (κ3) is 14.9. The maximum Gasteiger partial charge on any atom is 0.408 e. The van der Waals surface area contributed by atoms with Crippen LogP contribution in [0.4, 0.5) is 4.79 Å². The number of carboxylic acids is 1. The number of carbonyl (C=O) groups is 8. The predicted octanol–water partition coefficient (Wildman–Crippen LogP) is 3.94. The summed E-state index contributed by atoms with van der Waals surface area (Å²) in [6.07, 6.45) is 0.384. The van der Waals surface area contributed by atoms with Gasteiger partial charge in [-0.05, 0) is 92.3 Å². The van der Waals surface area contributed by atoms with E-state index in [0.717, 1.165) is 21.7 Å². The van der Waals surface area contributed by atoms with Crippen LogP contribution in [0.25, 0.3) is 21.7 Å². The fraction of sp³-hybridized carbons (Fsp3) is 0.333. The van der Waals surface area contributed by atoms with Crippen molar-refractivity contribution in [2.45, 2.75) is 96.0 Å². The van der Waals surface area contributed by atoms with Crippen LogP contribution >= 0.6 is 0 Å². The fourth-order valence-electron chi connectivity index (χ4n) is 7.09. The van der Waals surface area contributed by atoms with Crippen molar-refractivity contribution in [3.05, 3.63) is 114 Å². The minimum absolute atomic E-state index is 0.00725. The van der Waals surface area contributed by atoms with Crippen molar-refractivity contribution in [1.82, 2.24) is 31.6 Å². The highest BCUT2D eigenvalue weighted by atomic mass is 16.6. The average Bonchev–Trinajstić information content (AvgIpc) is 3.66. The Morgan fingerprint density at radius 1 is 0.712 bits per heavy atom. The van der Waals surface area contributed by atoms with Gasteiger partial charge in [-0.15, -0.1) is 0 Å². The molecule has 0 fully saturated rings. The van der Waals surface area contributed by atoms with Crippen LogP contribution in [0.2, 0.25) is 0 Å². The van der Waals surface area contributed by atoms with Gasteiger partial charge in [-0.1, -0.05) is 60.7 Å². The first kappa shape index (κ1) is 49.3. The van der Waals surface area contributed by atoms with E-state index in [1.807, 2.05) is 24.3 Å². The van der Waals surface area contributed by atoms with Crippen molar-refractivity contribution in [1.29, 1.82) is 0 Å². The number of esters is 1. The molecule has 1 heterocycles. The molecular formula is C48H55N7O11. The number of alkyl carbamates (subject to hydrolysis) is 1. The second-order valence-electron chi connectivity index (χ2n) is 16.7. The number of hydrogen-bond donors (Lipinski definition) is 8. The Balaban J connectivity index is 1.33. The van der Waals surface area contributed by atoms with Gasteiger partial charge in [0.15, 0.2) is 0 Å². The summed E-state index contributed by atoms with van der Waals surface area (Å²) in [7, 11) is 0. The molecular weight excluding hydrogens is 851 g/mol. The molecule has 348 valence electrons. The molecule has 4 aromatic carbocycles. The Morgan fingerprint density at radius 2 is 1.35 bits per heavy atom.